The second-order valence-corrected chi connectivity index (χ2v) is 8.32. The molecule has 3 aliphatic rings. The zero-order valence-electron chi connectivity index (χ0n) is 13.1. The van der Waals surface area contributed by atoms with Crippen LogP contribution in [0, 0.1) is 5.92 Å². The molecule has 1 saturated heterocycles. The first-order chi connectivity index (χ1) is 11.6. The molecule has 0 bridgehead atoms. The van der Waals surface area contributed by atoms with Crippen LogP contribution in [0.25, 0.3) is 0 Å². The number of halogens is 2. The molecule has 4 rings (SSSR count). The van der Waals surface area contributed by atoms with Crippen molar-refractivity contribution < 1.29 is 9.53 Å². The van der Waals surface area contributed by atoms with E-state index < -0.39 is 6.04 Å². The lowest BCUT2D eigenvalue weighted by atomic mass is 9.79. The number of rotatable bonds is 2. The molecule has 0 aromatic heterocycles. The van der Waals surface area contributed by atoms with Crippen LogP contribution in [0.2, 0.25) is 10.0 Å². The molecule has 4 atom stereocenters. The molecule has 0 spiro atoms. The maximum absolute atomic E-state index is 12.6. The van der Waals surface area contributed by atoms with E-state index in [2.05, 4.69) is 23.5 Å². The molecule has 126 valence electrons. The van der Waals surface area contributed by atoms with E-state index in [0.717, 1.165) is 17.7 Å². The van der Waals surface area contributed by atoms with Crippen LogP contribution in [-0.2, 0) is 9.53 Å². The summed E-state index contributed by atoms with van der Waals surface area (Å²) in [5, 5.41) is 5.09. The minimum Gasteiger partial charge on any atom is -0.464 e. The standard InChI is InChI=1S/C18H17Cl2NO2S/c1-2-23-18(22)16-14-10-5-3-4-6-13(10)24-17(14)15-11(20)7-9(19)8-12(15)21-16/h3-5,7-8,13-14,16-17,21H,2,6H2,1H3. The van der Waals surface area contributed by atoms with Crippen molar-refractivity contribution >= 4 is 46.6 Å². The van der Waals surface area contributed by atoms with E-state index in [1.165, 1.54) is 5.57 Å². The minimum atomic E-state index is -0.410. The van der Waals surface area contributed by atoms with Crippen LogP contribution in [-0.4, -0.2) is 23.9 Å². The Morgan fingerprint density at radius 3 is 3.04 bits per heavy atom. The highest BCUT2D eigenvalue weighted by Gasteiger charge is 2.51. The lowest BCUT2D eigenvalue weighted by Crippen LogP contribution is -2.43. The fourth-order valence-corrected chi connectivity index (χ4v) is 6.34. The Hall–Kier alpha value is -1.10. The van der Waals surface area contributed by atoms with Gasteiger partial charge in [0, 0.05) is 37.7 Å². The average Bonchev–Trinajstić information content (AvgIpc) is 2.92. The highest BCUT2D eigenvalue weighted by molar-refractivity contribution is 8.00. The number of carbonyl (C=O) groups is 1. The van der Waals surface area contributed by atoms with Gasteiger partial charge in [0.25, 0.3) is 0 Å². The number of hydrogen-bond donors (Lipinski definition) is 1. The first-order valence-corrected chi connectivity index (χ1v) is 9.74. The van der Waals surface area contributed by atoms with Gasteiger partial charge in [0.1, 0.15) is 6.04 Å². The Bertz CT molecular complexity index is 762. The van der Waals surface area contributed by atoms with E-state index in [0.29, 0.717) is 21.9 Å². The first-order valence-electron chi connectivity index (χ1n) is 8.04. The summed E-state index contributed by atoms with van der Waals surface area (Å²) < 4.78 is 5.32. The zero-order valence-corrected chi connectivity index (χ0v) is 15.4. The summed E-state index contributed by atoms with van der Waals surface area (Å²) in [6.45, 7) is 2.20. The van der Waals surface area contributed by atoms with Gasteiger partial charge in [-0.3, -0.25) is 0 Å². The average molecular weight is 382 g/mol. The van der Waals surface area contributed by atoms with Gasteiger partial charge in [0.15, 0.2) is 0 Å². The highest BCUT2D eigenvalue weighted by Crippen LogP contribution is 2.60. The molecule has 3 nitrogen and oxygen atoms in total. The Morgan fingerprint density at radius 2 is 2.25 bits per heavy atom. The minimum absolute atomic E-state index is 0.0511. The number of benzene rings is 1. The molecule has 24 heavy (non-hydrogen) atoms. The topological polar surface area (TPSA) is 38.3 Å². The van der Waals surface area contributed by atoms with Gasteiger partial charge >= 0.3 is 5.97 Å². The summed E-state index contributed by atoms with van der Waals surface area (Å²) in [5.41, 5.74) is 3.19. The van der Waals surface area contributed by atoms with E-state index in [1.807, 2.05) is 24.8 Å². The summed E-state index contributed by atoms with van der Waals surface area (Å²) >= 11 is 14.6. The van der Waals surface area contributed by atoms with Crippen molar-refractivity contribution in [1.29, 1.82) is 0 Å². The molecular formula is C18H17Cl2NO2S. The number of anilines is 1. The maximum Gasteiger partial charge on any atom is 0.329 e. The van der Waals surface area contributed by atoms with Gasteiger partial charge in [-0.15, -0.1) is 11.8 Å². The molecule has 1 aromatic rings. The van der Waals surface area contributed by atoms with Crippen LogP contribution in [0.1, 0.15) is 24.2 Å². The molecule has 1 N–H and O–H groups in total. The number of nitrogens with one attached hydrogen (secondary N) is 1. The third-order valence-electron chi connectivity index (χ3n) is 4.76. The van der Waals surface area contributed by atoms with Crippen molar-refractivity contribution in [3.63, 3.8) is 0 Å². The summed E-state index contributed by atoms with van der Waals surface area (Å²) in [7, 11) is 0. The van der Waals surface area contributed by atoms with Crippen LogP contribution in [0.3, 0.4) is 0 Å². The Kier molecular flexibility index (Phi) is 4.31. The molecular weight excluding hydrogens is 365 g/mol. The van der Waals surface area contributed by atoms with Crippen molar-refractivity contribution in [2.75, 3.05) is 11.9 Å². The number of allylic oxidation sites excluding steroid dienone is 3. The van der Waals surface area contributed by atoms with Crippen LogP contribution >= 0.6 is 35.0 Å². The largest absolute Gasteiger partial charge is 0.464 e. The number of ether oxygens (including phenoxy) is 1. The quantitative estimate of drug-likeness (QED) is 0.730. The molecule has 0 amide bonds. The molecule has 4 unspecified atom stereocenters. The predicted octanol–water partition coefficient (Wildman–Crippen LogP) is 5.01. The lowest BCUT2D eigenvalue weighted by Gasteiger charge is -2.36. The zero-order chi connectivity index (χ0) is 16.8. The molecule has 2 aliphatic heterocycles. The van der Waals surface area contributed by atoms with Crippen LogP contribution in [0.15, 0.2) is 35.9 Å². The molecule has 0 radical (unpaired) electrons. The molecule has 1 aromatic carbocycles. The van der Waals surface area contributed by atoms with Gasteiger partial charge in [0.2, 0.25) is 0 Å². The van der Waals surface area contributed by atoms with Crippen molar-refractivity contribution in [2.24, 2.45) is 5.92 Å². The Labute approximate surface area is 155 Å². The second kappa shape index (κ2) is 6.32. The molecule has 2 heterocycles. The molecule has 6 heteroatoms. The van der Waals surface area contributed by atoms with E-state index in [9.17, 15) is 4.79 Å². The monoisotopic (exact) mass is 381 g/mol. The highest BCUT2D eigenvalue weighted by atomic mass is 35.5. The van der Waals surface area contributed by atoms with Crippen molar-refractivity contribution in [3.8, 4) is 0 Å². The van der Waals surface area contributed by atoms with Gasteiger partial charge in [-0.05, 0) is 31.1 Å². The van der Waals surface area contributed by atoms with Crippen molar-refractivity contribution in [2.45, 2.75) is 29.9 Å². The number of carbonyl (C=O) groups excluding carboxylic acids is 1. The normalized spacial score (nSPS) is 29.9. The third kappa shape index (κ3) is 2.56. The number of hydrogen-bond acceptors (Lipinski definition) is 4. The third-order valence-corrected chi connectivity index (χ3v) is 6.90. The number of thioether (sulfide) groups is 1. The van der Waals surface area contributed by atoms with Gasteiger partial charge < -0.3 is 10.1 Å². The van der Waals surface area contributed by atoms with Gasteiger partial charge in [0.05, 0.1) is 6.61 Å². The van der Waals surface area contributed by atoms with Gasteiger partial charge in [-0.25, -0.2) is 4.79 Å². The van der Waals surface area contributed by atoms with Crippen LogP contribution in [0.4, 0.5) is 5.69 Å². The number of esters is 1. The van der Waals surface area contributed by atoms with Crippen LogP contribution < -0.4 is 5.32 Å². The fraction of sp³-hybridized carbons (Fsp3) is 0.389. The Morgan fingerprint density at radius 1 is 1.42 bits per heavy atom. The van der Waals surface area contributed by atoms with Crippen molar-refractivity contribution in [3.05, 3.63) is 51.5 Å². The second-order valence-electron chi connectivity index (χ2n) is 6.12. The Balaban J connectivity index is 1.83. The van der Waals surface area contributed by atoms with Crippen LogP contribution in [0.5, 0.6) is 0 Å². The summed E-state index contributed by atoms with van der Waals surface area (Å²) in [5.74, 6) is -0.166. The summed E-state index contributed by atoms with van der Waals surface area (Å²) in [6, 6.07) is 3.22. The molecule has 1 aliphatic carbocycles. The van der Waals surface area contributed by atoms with Gasteiger partial charge in [-0.2, -0.15) is 0 Å². The SMILES string of the molecule is CCOC(=O)C1Nc2cc(Cl)cc(Cl)c2C2SC3CC=CC=C3C12. The summed E-state index contributed by atoms with van der Waals surface area (Å²) in [4.78, 5) is 12.6. The van der Waals surface area contributed by atoms with E-state index >= 15 is 0 Å². The smallest absolute Gasteiger partial charge is 0.329 e. The van der Waals surface area contributed by atoms with E-state index in [1.54, 1.807) is 6.07 Å². The first kappa shape index (κ1) is 16.4. The van der Waals surface area contributed by atoms with Gasteiger partial charge in [-0.1, -0.05) is 41.4 Å². The molecule has 1 fully saturated rings. The van der Waals surface area contributed by atoms with E-state index in [4.69, 9.17) is 27.9 Å². The molecule has 0 saturated carbocycles. The van der Waals surface area contributed by atoms with E-state index in [-0.39, 0.29) is 17.1 Å². The fourth-order valence-electron chi connectivity index (χ4n) is 3.82. The summed E-state index contributed by atoms with van der Waals surface area (Å²) in [6.07, 6.45) is 7.39. The van der Waals surface area contributed by atoms with Crippen molar-refractivity contribution in [1.82, 2.24) is 0 Å². The number of fused-ring (bicyclic) bond motifs is 5. The predicted molar refractivity (Wildman–Crippen MR) is 100.0 cm³/mol. The lowest BCUT2D eigenvalue weighted by molar-refractivity contribution is -0.145. The maximum atomic E-state index is 12.6.